The summed E-state index contributed by atoms with van der Waals surface area (Å²) in [7, 11) is 0. The van der Waals surface area contributed by atoms with Crippen LogP contribution in [0.25, 0.3) is 0 Å². The highest BCUT2D eigenvalue weighted by Gasteiger charge is 2.50. The van der Waals surface area contributed by atoms with Crippen LogP contribution >= 0.6 is 0 Å². The molecule has 1 fully saturated rings. The monoisotopic (exact) mass is 168 g/mol. The van der Waals surface area contributed by atoms with Gasteiger partial charge in [0.15, 0.2) is 0 Å². The van der Waals surface area contributed by atoms with E-state index in [0.717, 1.165) is 12.2 Å². The summed E-state index contributed by atoms with van der Waals surface area (Å²) < 4.78 is 11.6. The van der Waals surface area contributed by atoms with Crippen LogP contribution in [0.15, 0.2) is 11.3 Å². The van der Waals surface area contributed by atoms with Gasteiger partial charge in [-0.15, -0.1) is 0 Å². The quantitative estimate of drug-likeness (QED) is 0.552. The fraction of sp³-hybridized carbons (Fsp3) is 0.800. The summed E-state index contributed by atoms with van der Waals surface area (Å²) in [5, 5.41) is 0. The van der Waals surface area contributed by atoms with E-state index < -0.39 is 0 Å². The molecule has 2 rings (SSSR count). The molecule has 2 aliphatic rings. The van der Waals surface area contributed by atoms with Crippen molar-refractivity contribution in [1.82, 2.24) is 0 Å². The molecular formula is C10H16O2. The molecule has 0 radical (unpaired) electrons. The molecule has 0 aliphatic carbocycles. The molecule has 2 heteroatoms. The van der Waals surface area contributed by atoms with E-state index in [2.05, 4.69) is 20.8 Å². The second kappa shape index (κ2) is 2.25. The molecule has 0 aromatic rings. The average molecular weight is 168 g/mol. The first-order chi connectivity index (χ1) is 5.53. The fourth-order valence-electron chi connectivity index (χ4n) is 2.37. The summed E-state index contributed by atoms with van der Waals surface area (Å²) in [5.74, 6) is 1.05. The van der Waals surface area contributed by atoms with Crippen molar-refractivity contribution < 1.29 is 9.47 Å². The zero-order valence-electron chi connectivity index (χ0n) is 8.18. The van der Waals surface area contributed by atoms with Gasteiger partial charge in [-0.2, -0.15) is 0 Å². The van der Waals surface area contributed by atoms with Crippen LogP contribution in [0.3, 0.4) is 0 Å². The third-order valence-electron chi connectivity index (χ3n) is 2.95. The molecule has 12 heavy (non-hydrogen) atoms. The number of rotatable bonds is 0. The average Bonchev–Trinajstić information content (AvgIpc) is 2.31. The van der Waals surface area contributed by atoms with Crippen molar-refractivity contribution >= 4 is 0 Å². The summed E-state index contributed by atoms with van der Waals surface area (Å²) in [4.78, 5) is 0. The Balaban J connectivity index is 2.29. The van der Waals surface area contributed by atoms with E-state index >= 15 is 0 Å². The molecule has 2 heterocycles. The first-order valence-corrected chi connectivity index (χ1v) is 4.55. The fourth-order valence-corrected chi connectivity index (χ4v) is 2.37. The van der Waals surface area contributed by atoms with Gasteiger partial charge in [-0.1, -0.05) is 0 Å². The molecule has 0 amide bonds. The van der Waals surface area contributed by atoms with Crippen molar-refractivity contribution in [3.05, 3.63) is 11.3 Å². The first-order valence-electron chi connectivity index (χ1n) is 4.55. The summed E-state index contributed by atoms with van der Waals surface area (Å²) in [6.45, 7) is 8.37. The predicted molar refractivity (Wildman–Crippen MR) is 46.8 cm³/mol. The molecule has 0 saturated carbocycles. The van der Waals surface area contributed by atoms with Gasteiger partial charge < -0.3 is 9.47 Å². The minimum atomic E-state index is -0.0758. The van der Waals surface area contributed by atoms with E-state index in [-0.39, 0.29) is 11.7 Å². The van der Waals surface area contributed by atoms with Crippen molar-refractivity contribution in [3.8, 4) is 0 Å². The Bertz CT molecular complexity index is 244. The van der Waals surface area contributed by atoms with E-state index in [1.54, 1.807) is 0 Å². The van der Waals surface area contributed by atoms with Gasteiger partial charge in [-0.3, -0.25) is 0 Å². The molecule has 0 aromatic carbocycles. The third-order valence-corrected chi connectivity index (χ3v) is 2.95. The van der Waals surface area contributed by atoms with Gasteiger partial charge in [-0.25, -0.2) is 0 Å². The Kier molecular flexibility index (Phi) is 1.52. The molecule has 2 nitrogen and oxygen atoms in total. The molecule has 68 valence electrons. The number of fused-ring (bicyclic) bond motifs is 1. The maximum Gasteiger partial charge on any atom is 0.138 e. The van der Waals surface area contributed by atoms with E-state index in [9.17, 15) is 0 Å². The first kappa shape index (κ1) is 8.11. The standard InChI is InChI=1S/C10H16O2/c1-6-5-10(4)9(11-6)7(2)8(3)12-10/h6,9H,5H2,1-4H3/t6-,9-,10-/m0/s1. The van der Waals surface area contributed by atoms with E-state index in [0.29, 0.717) is 6.10 Å². The third kappa shape index (κ3) is 0.908. The predicted octanol–water partition coefficient (Wildman–Crippen LogP) is 2.25. The van der Waals surface area contributed by atoms with E-state index in [1.165, 1.54) is 5.57 Å². The minimum absolute atomic E-state index is 0.0758. The number of hydrogen-bond acceptors (Lipinski definition) is 2. The molecule has 0 aromatic heterocycles. The Morgan fingerprint density at radius 1 is 1.42 bits per heavy atom. The summed E-state index contributed by atoms with van der Waals surface area (Å²) >= 11 is 0. The van der Waals surface area contributed by atoms with Gasteiger partial charge in [0.1, 0.15) is 11.7 Å². The van der Waals surface area contributed by atoms with Crippen LogP contribution in [0.2, 0.25) is 0 Å². The maximum absolute atomic E-state index is 5.81. The Hall–Kier alpha value is -0.500. The molecular weight excluding hydrogens is 152 g/mol. The smallest absolute Gasteiger partial charge is 0.138 e. The lowest BCUT2D eigenvalue weighted by atomic mass is 9.94. The van der Waals surface area contributed by atoms with Gasteiger partial charge in [0.2, 0.25) is 0 Å². The van der Waals surface area contributed by atoms with Crippen LogP contribution in [0.1, 0.15) is 34.1 Å². The second-order valence-electron chi connectivity index (χ2n) is 4.18. The van der Waals surface area contributed by atoms with Crippen LogP contribution < -0.4 is 0 Å². The Morgan fingerprint density at radius 2 is 2.08 bits per heavy atom. The number of hydrogen-bond donors (Lipinski definition) is 0. The zero-order valence-corrected chi connectivity index (χ0v) is 8.18. The van der Waals surface area contributed by atoms with Gasteiger partial charge in [0, 0.05) is 6.42 Å². The SMILES string of the molecule is CC1=C(C)[C@@H]2O[C@@H](C)C[C@]2(C)O1. The van der Waals surface area contributed by atoms with Crippen molar-refractivity contribution in [1.29, 1.82) is 0 Å². The Labute approximate surface area is 73.5 Å². The lowest BCUT2D eigenvalue weighted by Gasteiger charge is -2.22. The van der Waals surface area contributed by atoms with E-state index in [4.69, 9.17) is 9.47 Å². The van der Waals surface area contributed by atoms with Crippen LogP contribution in [-0.2, 0) is 9.47 Å². The van der Waals surface area contributed by atoms with Crippen molar-refractivity contribution in [2.75, 3.05) is 0 Å². The van der Waals surface area contributed by atoms with Gasteiger partial charge >= 0.3 is 0 Å². The molecule has 2 aliphatic heterocycles. The minimum Gasteiger partial charge on any atom is -0.489 e. The highest BCUT2D eigenvalue weighted by molar-refractivity contribution is 5.24. The summed E-state index contributed by atoms with van der Waals surface area (Å²) in [6, 6.07) is 0. The zero-order chi connectivity index (χ0) is 8.93. The second-order valence-corrected chi connectivity index (χ2v) is 4.18. The molecule has 3 atom stereocenters. The lowest BCUT2D eigenvalue weighted by Crippen LogP contribution is -2.32. The van der Waals surface area contributed by atoms with Gasteiger partial charge in [0.05, 0.1) is 11.9 Å². The van der Waals surface area contributed by atoms with Gasteiger partial charge in [-0.05, 0) is 33.3 Å². The Morgan fingerprint density at radius 3 is 2.67 bits per heavy atom. The molecule has 0 N–H and O–H groups in total. The largest absolute Gasteiger partial charge is 0.489 e. The molecule has 0 spiro atoms. The highest BCUT2D eigenvalue weighted by atomic mass is 16.6. The van der Waals surface area contributed by atoms with Gasteiger partial charge in [0.25, 0.3) is 0 Å². The van der Waals surface area contributed by atoms with Crippen LogP contribution in [0.5, 0.6) is 0 Å². The summed E-state index contributed by atoms with van der Waals surface area (Å²) in [6.07, 6.45) is 1.54. The summed E-state index contributed by atoms with van der Waals surface area (Å²) in [5.41, 5.74) is 1.19. The highest BCUT2D eigenvalue weighted by Crippen LogP contribution is 2.44. The van der Waals surface area contributed by atoms with Crippen LogP contribution in [0.4, 0.5) is 0 Å². The van der Waals surface area contributed by atoms with E-state index in [1.807, 2.05) is 6.92 Å². The number of allylic oxidation sites excluding steroid dienone is 1. The van der Waals surface area contributed by atoms with Crippen molar-refractivity contribution in [2.24, 2.45) is 0 Å². The number of ether oxygens (including phenoxy) is 2. The topological polar surface area (TPSA) is 18.5 Å². The van der Waals surface area contributed by atoms with Crippen molar-refractivity contribution in [2.45, 2.75) is 51.9 Å². The molecule has 1 saturated heterocycles. The van der Waals surface area contributed by atoms with Crippen LogP contribution in [0, 0.1) is 0 Å². The normalized spacial score (nSPS) is 46.3. The van der Waals surface area contributed by atoms with Crippen molar-refractivity contribution in [3.63, 3.8) is 0 Å². The lowest BCUT2D eigenvalue weighted by molar-refractivity contribution is -0.00337. The molecule has 0 bridgehead atoms. The molecule has 0 unspecified atom stereocenters. The van der Waals surface area contributed by atoms with Crippen LogP contribution in [-0.4, -0.2) is 17.8 Å². The maximum atomic E-state index is 5.81.